The van der Waals surface area contributed by atoms with Gasteiger partial charge in [0.1, 0.15) is 12.1 Å². The lowest BCUT2D eigenvalue weighted by Crippen LogP contribution is -2.24. The minimum Gasteiger partial charge on any atom is -0.352 e. The first kappa shape index (κ1) is 18.6. The smallest absolute Gasteiger partial charge is 0.251 e. The van der Waals surface area contributed by atoms with E-state index in [0.717, 1.165) is 29.8 Å². The number of aryl methyl sites for hydroxylation is 1. The van der Waals surface area contributed by atoms with Crippen molar-refractivity contribution in [3.63, 3.8) is 0 Å². The Morgan fingerprint density at radius 3 is 2.70 bits per heavy atom. The lowest BCUT2D eigenvalue weighted by molar-refractivity contribution is 0.0953. The van der Waals surface area contributed by atoms with Crippen LogP contribution >= 0.6 is 0 Å². The number of hydrogen-bond acceptors (Lipinski definition) is 4. The van der Waals surface area contributed by atoms with Crippen LogP contribution < -0.4 is 10.6 Å². The first-order valence-electron chi connectivity index (χ1n) is 9.20. The van der Waals surface area contributed by atoms with E-state index in [1.807, 2.05) is 42.5 Å². The van der Waals surface area contributed by atoms with Gasteiger partial charge < -0.3 is 10.6 Å². The zero-order valence-corrected chi connectivity index (χ0v) is 15.7. The number of rotatable bonds is 7. The Kier molecular flexibility index (Phi) is 6.15. The number of carbonyl (C=O) groups is 1. The normalized spacial score (nSPS) is 10.4. The van der Waals surface area contributed by atoms with E-state index in [1.165, 1.54) is 5.56 Å². The molecule has 1 heterocycles. The monoisotopic (exact) mass is 360 g/mol. The van der Waals surface area contributed by atoms with Crippen LogP contribution in [0.25, 0.3) is 11.3 Å². The van der Waals surface area contributed by atoms with Gasteiger partial charge in [0.05, 0.1) is 5.69 Å². The van der Waals surface area contributed by atoms with Crippen LogP contribution in [0.1, 0.15) is 35.7 Å². The van der Waals surface area contributed by atoms with Gasteiger partial charge in [0, 0.05) is 29.4 Å². The Hall–Kier alpha value is -3.21. The van der Waals surface area contributed by atoms with Crippen LogP contribution in [-0.2, 0) is 0 Å². The molecule has 27 heavy (non-hydrogen) atoms. The highest BCUT2D eigenvalue weighted by molar-refractivity contribution is 5.95. The van der Waals surface area contributed by atoms with Crippen LogP contribution in [0.15, 0.2) is 60.9 Å². The number of benzene rings is 2. The van der Waals surface area contributed by atoms with Crippen LogP contribution in [0, 0.1) is 6.92 Å². The van der Waals surface area contributed by atoms with Crippen LogP contribution in [0.5, 0.6) is 0 Å². The topological polar surface area (TPSA) is 66.9 Å². The first-order chi connectivity index (χ1) is 13.2. The van der Waals surface area contributed by atoms with Crippen molar-refractivity contribution in [2.24, 2.45) is 0 Å². The van der Waals surface area contributed by atoms with Gasteiger partial charge in [-0.25, -0.2) is 9.97 Å². The van der Waals surface area contributed by atoms with Crippen molar-refractivity contribution in [1.29, 1.82) is 0 Å². The second-order valence-electron chi connectivity index (χ2n) is 6.47. The average Bonchev–Trinajstić information content (AvgIpc) is 2.68. The first-order valence-corrected chi connectivity index (χ1v) is 9.20. The quantitative estimate of drug-likeness (QED) is 0.598. The van der Waals surface area contributed by atoms with Gasteiger partial charge in [0.15, 0.2) is 0 Å². The highest BCUT2D eigenvalue weighted by Gasteiger charge is 2.07. The van der Waals surface area contributed by atoms with Crippen molar-refractivity contribution in [1.82, 2.24) is 15.3 Å². The lowest BCUT2D eigenvalue weighted by Gasteiger charge is -2.09. The summed E-state index contributed by atoms with van der Waals surface area (Å²) < 4.78 is 0. The molecule has 0 spiro atoms. The Morgan fingerprint density at radius 2 is 1.89 bits per heavy atom. The number of anilines is 2. The van der Waals surface area contributed by atoms with Crippen molar-refractivity contribution < 1.29 is 4.79 Å². The summed E-state index contributed by atoms with van der Waals surface area (Å²) in [5, 5.41) is 6.19. The zero-order chi connectivity index (χ0) is 19.1. The Bertz CT molecular complexity index is 923. The molecule has 2 N–H and O–H groups in total. The van der Waals surface area contributed by atoms with Gasteiger partial charge in [-0.2, -0.15) is 0 Å². The standard InChI is InChI=1S/C22H24N4O/c1-3-4-11-23-22(27)18-9-6-10-19(13-18)26-21-14-20(24-15-25-21)17-8-5-7-16(2)12-17/h5-10,12-15H,3-4,11H2,1-2H3,(H,23,27)(H,24,25,26). The maximum Gasteiger partial charge on any atom is 0.251 e. The van der Waals surface area contributed by atoms with E-state index in [4.69, 9.17) is 0 Å². The van der Waals surface area contributed by atoms with Crippen molar-refractivity contribution >= 4 is 17.4 Å². The summed E-state index contributed by atoms with van der Waals surface area (Å²) in [6.45, 7) is 4.85. The molecule has 0 saturated heterocycles. The van der Waals surface area contributed by atoms with E-state index < -0.39 is 0 Å². The summed E-state index contributed by atoms with van der Waals surface area (Å²) in [7, 11) is 0. The largest absolute Gasteiger partial charge is 0.352 e. The zero-order valence-electron chi connectivity index (χ0n) is 15.7. The maximum atomic E-state index is 12.2. The molecule has 0 radical (unpaired) electrons. The van der Waals surface area contributed by atoms with Crippen LogP contribution in [0.3, 0.4) is 0 Å². The van der Waals surface area contributed by atoms with E-state index in [-0.39, 0.29) is 5.91 Å². The molecular weight excluding hydrogens is 336 g/mol. The fourth-order valence-electron chi connectivity index (χ4n) is 2.75. The van der Waals surface area contributed by atoms with E-state index in [1.54, 1.807) is 6.33 Å². The molecule has 1 aromatic heterocycles. The molecular formula is C22H24N4O. The Morgan fingerprint density at radius 1 is 1.04 bits per heavy atom. The molecule has 0 aliphatic rings. The predicted molar refractivity (Wildman–Crippen MR) is 109 cm³/mol. The SMILES string of the molecule is CCCCNC(=O)c1cccc(Nc2cc(-c3cccc(C)c3)ncn2)c1. The molecule has 138 valence electrons. The van der Waals surface area contributed by atoms with Crippen LogP contribution in [-0.4, -0.2) is 22.4 Å². The molecule has 0 bridgehead atoms. The molecule has 1 amide bonds. The van der Waals surface area contributed by atoms with E-state index >= 15 is 0 Å². The summed E-state index contributed by atoms with van der Waals surface area (Å²) in [5.41, 5.74) is 4.52. The molecule has 0 unspecified atom stereocenters. The average molecular weight is 360 g/mol. The van der Waals surface area contributed by atoms with E-state index in [0.29, 0.717) is 17.9 Å². The number of aromatic nitrogens is 2. The Balaban J connectivity index is 1.75. The lowest BCUT2D eigenvalue weighted by atomic mass is 10.1. The van der Waals surface area contributed by atoms with Gasteiger partial charge in [-0.1, -0.05) is 43.2 Å². The fourth-order valence-corrected chi connectivity index (χ4v) is 2.75. The number of carbonyl (C=O) groups excluding carboxylic acids is 1. The van der Waals surface area contributed by atoms with Crippen LogP contribution in [0.4, 0.5) is 11.5 Å². The van der Waals surface area contributed by atoms with Crippen LogP contribution in [0.2, 0.25) is 0 Å². The molecule has 2 aromatic carbocycles. The molecule has 3 rings (SSSR count). The predicted octanol–water partition coefficient (Wildman–Crippen LogP) is 4.73. The van der Waals surface area contributed by atoms with Gasteiger partial charge >= 0.3 is 0 Å². The number of unbranched alkanes of at least 4 members (excludes halogenated alkanes) is 1. The van der Waals surface area contributed by atoms with Crippen molar-refractivity contribution in [2.75, 3.05) is 11.9 Å². The second kappa shape index (κ2) is 8.94. The van der Waals surface area contributed by atoms with Crippen molar-refractivity contribution in [3.05, 3.63) is 72.1 Å². The van der Waals surface area contributed by atoms with Gasteiger partial charge in [-0.05, 0) is 37.6 Å². The van der Waals surface area contributed by atoms with E-state index in [9.17, 15) is 4.79 Å². The molecule has 0 aliphatic carbocycles. The molecule has 0 aliphatic heterocycles. The minimum atomic E-state index is -0.0600. The third-order valence-corrected chi connectivity index (χ3v) is 4.19. The summed E-state index contributed by atoms with van der Waals surface area (Å²) in [6.07, 6.45) is 3.58. The number of nitrogens with one attached hydrogen (secondary N) is 2. The van der Waals surface area contributed by atoms with Crippen molar-refractivity contribution in [2.45, 2.75) is 26.7 Å². The third kappa shape index (κ3) is 5.14. The second-order valence-corrected chi connectivity index (χ2v) is 6.47. The van der Waals surface area contributed by atoms with E-state index in [2.05, 4.69) is 46.6 Å². The number of nitrogens with zero attached hydrogens (tertiary/aromatic N) is 2. The highest BCUT2D eigenvalue weighted by Crippen LogP contribution is 2.22. The van der Waals surface area contributed by atoms with Gasteiger partial charge in [0.25, 0.3) is 5.91 Å². The minimum absolute atomic E-state index is 0.0600. The molecule has 5 heteroatoms. The van der Waals surface area contributed by atoms with Gasteiger partial charge in [-0.15, -0.1) is 0 Å². The summed E-state index contributed by atoms with van der Waals surface area (Å²) in [4.78, 5) is 20.9. The molecule has 0 fully saturated rings. The highest BCUT2D eigenvalue weighted by atomic mass is 16.1. The summed E-state index contributed by atoms with van der Waals surface area (Å²) in [5.74, 6) is 0.625. The molecule has 0 atom stereocenters. The number of hydrogen-bond donors (Lipinski definition) is 2. The van der Waals surface area contributed by atoms with Gasteiger partial charge in [0.2, 0.25) is 0 Å². The third-order valence-electron chi connectivity index (χ3n) is 4.19. The van der Waals surface area contributed by atoms with Crippen molar-refractivity contribution in [3.8, 4) is 11.3 Å². The molecule has 3 aromatic rings. The summed E-state index contributed by atoms with van der Waals surface area (Å²) in [6, 6.07) is 17.5. The molecule has 5 nitrogen and oxygen atoms in total. The Labute approximate surface area is 159 Å². The van der Waals surface area contributed by atoms with Gasteiger partial charge in [-0.3, -0.25) is 4.79 Å². The molecule has 0 saturated carbocycles. The maximum absolute atomic E-state index is 12.2. The fraction of sp³-hybridized carbons (Fsp3) is 0.227. The summed E-state index contributed by atoms with van der Waals surface area (Å²) >= 11 is 0. The number of amides is 1.